The molecule has 0 aliphatic heterocycles. The van der Waals surface area contributed by atoms with Gasteiger partial charge in [-0.25, -0.2) is 4.79 Å². The third-order valence-corrected chi connectivity index (χ3v) is 2.82. The lowest BCUT2D eigenvalue weighted by Crippen LogP contribution is -2.11. The van der Waals surface area contributed by atoms with E-state index >= 15 is 0 Å². The molecule has 0 bridgehead atoms. The molecular formula is C17H18O3. The Morgan fingerprint density at radius 2 is 1.70 bits per heavy atom. The third-order valence-electron chi connectivity index (χ3n) is 2.82. The van der Waals surface area contributed by atoms with E-state index in [4.69, 9.17) is 9.47 Å². The van der Waals surface area contributed by atoms with Crippen LogP contribution in [-0.4, -0.2) is 12.6 Å². The topological polar surface area (TPSA) is 35.5 Å². The molecule has 0 aliphatic rings. The van der Waals surface area contributed by atoms with Crippen molar-refractivity contribution in [2.24, 2.45) is 0 Å². The molecule has 20 heavy (non-hydrogen) atoms. The number of hydrogen-bond acceptors (Lipinski definition) is 3. The van der Waals surface area contributed by atoms with E-state index in [1.54, 1.807) is 30.3 Å². The Kier molecular flexibility index (Phi) is 5.18. The molecule has 0 unspecified atom stereocenters. The maximum atomic E-state index is 12.2. The predicted octanol–water partition coefficient (Wildman–Crippen LogP) is 4.08. The summed E-state index contributed by atoms with van der Waals surface area (Å²) in [6, 6.07) is 16.2. The predicted molar refractivity (Wildman–Crippen MR) is 78.2 cm³/mol. The fourth-order valence-corrected chi connectivity index (χ4v) is 1.74. The molecule has 0 aromatic heterocycles. The normalized spacial score (nSPS) is 10.1. The highest BCUT2D eigenvalue weighted by Gasteiger charge is 2.14. The van der Waals surface area contributed by atoms with E-state index in [1.807, 2.05) is 24.3 Å². The number of para-hydroxylation sites is 2. The first-order chi connectivity index (χ1) is 9.81. The van der Waals surface area contributed by atoms with E-state index in [1.165, 1.54) is 0 Å². The van der Waals surface area contributed by atoms with E-state index in [2.05, 4.69) is 6.92 Å². The molecule has 2 aromatic carbocycles. The number of carbonyl (C=O) groups is 1. The highest BCUT2D eigenvalue weighted by molar-refractivity contribution is 5.93. The zero-order valence-corrected chi connectivity index (χ0v) is 11.5. The molecule has 2 rings (SSSR count). The third kappa shape index (κ3) is 3.85. The maximum Gasteiger partial charge on any atom is 0.347 e. The van der Waals surface area contributed by atoms with Crippen LogP contribution in [0.5, 0.6) is 11.5 Å². The summed E-state index contributed by atoms with van der Waals surface area (Å²) in [6.45, 7) is 2.70. The molecule has 104 valence electrons. The zero-order chi connectivity index (χ0) is 14.2. The molecule has 2 aromatic rings. The van der Waals surface area contributed by atoms with Crippen LogP contribution in [-0.2, 0) is 0 Å². The second kappa shape index (κ2) is 7.34. The molecule has 0 aliphatic carbocycles. The van der Waals surface area contributed by atoms with Gasteiger partial charge in [0, 0.05) is 0 Å². The van der Waals surface area contributed by atoms with Gasteiger partial charge >= 0.3 is 5.97 Å². The number of carbonyl (C=O) groups excluding carboxylic acids is 1. The summed E-state index contributed by atoms with van der Waals surface area (Å²) in [6.07, 6.45) is 2.01. The number of hydrogen-bond donors (Lipinski definition) is 0. The van der Waals surface area contributed by atoms with Crippen molar-refractivity contribution in [1.82, 2.24) is 0 Å². The van der Waals surface area contributed by atoms with Crippen LogP contribution < -0.4 is 9.47 Å². The minimum atomic E-state index is -0.400. The monoisotopic (exact) mass is 270 g/mol. The Bertz CT molecular complexity index is 549. The van der Waals surface area contributed by atoms with Crippen molar-refractivity contribution in [1.29, 1.82) is 0 Å². The van der Waals surface area contributed by atoms with Gasteiger partial charge in [0.15, 0.2) is 0 Å². The number of ether oxygens (including phenoxy) is 2. The summed E-state index contributed by atoms with van der Waals surface area (Å²) in [5.41, 5.74) is 0.451. The average molecular weight is 270 g/mol. The van der Waals surface area contributed by atoms with E-state index in [9.17, 15) is 4.79 Å². The number of esters is 1. The summed E-state index contributed by atoms with van der Waals surface area (Å²) in [5, 5.41) is 0. The van der Waals surface area contributed by atoms with E-state index < -0.39 is 5.97 Å². The maximum absolute atomic E-state index is 12.2. The van der Waals surface area contributed by atoms with Gasteiger partial charge in [-0.2, -0.15) is 0 Å². The largest absolute Gasteiger partial charge is 0.493 e. The van der Waals surface area contributed by atoms with Crippen molar-refractivity contribution < 1.29 is 14.3 Å². The van der Waals surface area contributed by atoms with Crippen molar-refractivity contribution in [3.63, 3.8) is 0 Å². The molecule has 0 radical (unpaired) electrons. The van der Waals surface area contributed by atoms with Crippen LogP contribution in [0.2, 0.25) is 0 Å². The smallest absolute Gasteiger partial charge is 0.347 e. The van der Waals surface area contributed by atoms with Crippen LogP contribution in [0.25, 0.3) is 0 Å². The van der Waals surface area contributed by atoms with Crippen LogP contribution in [0, 0.1) is 0 Å². The summed E-state index contributed by atoms with van der Waals surface area (Å²) in [4.78, 5) is 12.2. The number of benzene rings is 2. The summed E-state index contributed by atoms with van der Waals surface area (Å²) in [7, 11) is 0. The van der Waals surface area contributed by atoms with E-state index in [-0.39, 0.29) is 0 Å². The van der Waals surface area contributed by atoms with Crippen molar-refractivity contribution >= 4 is 5.97 Å². The van der Waals surface area contributed by atoms with E-state index in [0.717, 1.165) is 12.8 Å². The lowest BCUT2D eigenvalue weighted by molar-refractivity contribution is 0.0730. The fourth-order valence-electron chi connectivity index (χ4n) is 1.74. The van der Waals surface area contributed by atoms with Gasteiger partial charge in [-0.3, -0.25) is 0 Å². The second-order valence-electron chi connectivity index (χ2n) is 4.40. The summed E-state index contributed by atoms with van der Waals surface area (Å²) >= 11 is 0. The van der Waals surface area contributed by atoms with Crippen LogP contribution in [0.1, 0.15) is 30.1 Å². The fraction of sp³-hybridized carbons (Fsp3) is 0.235. The van der Waals surface area contributed by atoms with Crippen molar-refractivity contribution in [2.45, 2.75) is 19.8 Å². The highest BCUT2D eigenvalue weighted by atomic mass is 16.5. The zero-order valence-electron chi connectivity index (χ0n) is 11.5. The van der Waals surface area contributed by atoms with Gasteiger partial charge in [-0.15, -0.1) is 0 Å². The molecule has 0 spiro atoms. The molecule has 0 saturated carbocycles. The van der Waals surface area contributed by atoms with Gasteiger partial charge in [0.05, 0.1) is 6.61 Å². The standard InChI is InChI=1S/C17H18O3/c1-2-3-13-19-16-12-8-7-11-15(16)17(18)20-14-9-5-4-6-10-14/h4-12H,2-3,13H2,1H3. The minimum absolute atomic E-state index is 0.400. The van der Waals surface area contributed by atoms with Crippen molar-refractivity contribution in [3.05, 3.63) is 60.2 Å². The minimum Gasteiger partial charge on any atom is -0.493 e. The van der Waals surface area contributed by atoms with Gasteiger partial charge < -0.3 is 9.47 Å². The first-order valence-corrected chi connectivity index (χ1v) is 6.80. The van der Waals surface area contributed by atoms with Gasteiger partial charge in [0.1, 0.15) is 17.1 Å². The number of rotatable bonds is 6. The quantitative estimate of drug-likeness (QED) is 0.450. The van der Waals surface area contributed by atoms with Crippen molar-refractivity contribution in [3.8, 4) is 11.5 Å². The SMILES string of the molecule is CCCCOc1ccccc1C(=O)Oc1ccccc1. The Morgan fingerprint density at radius 1 is 1.00 bits per heavy atom. The Hall–Kier alpha value is -2.29. The van der Waals surface area contributed by atoms with Gasteiger partial charge in [-0.1, -0.05) is 43.7 Å². The Balaban J connectivity index is 2.09. The highest BCUT2D eigenvalue weighted by Crippen LogP contribution is 2.21. The lowest BCUT2D eigenvalue weighted by Gasteiger charge is -2.10. The average Bonchev–Trinajstić information content (AvgIpc) is 2.49. The van der Waals surface area contributed by atoms with Crippen molar-refractivity contribution in [2.75, 3.05) is 6.61 Å². The Labute approximate surface area is 119 Å². The molecule has 0 saturated heterocycles. The van der Waals surface area contributed by atoms with Crippen LogP contribution in [0.4, 0.5) is 0 Å². The van der Waals surface area contributed by atoms with Gasteiger partial charge in [0.25, 0.3) is 0 Å². The molecule has 0 N–H and O–H groups in total. The summed E-state index contributed by atoms with van der Waals surface area (Å²) in [5.74, 6) is 0.700. The van der Waals surface area contributed by atoms with Crippen LogP contribution in [0.3, 0.4) is 0 Å². The molecule has 3 heteroatoms. The van der Waals surface area contributed by atoms with Crippen LogP contribution >= 0.6 is 0 Å². The Morgan fingerprint density at radius 3 is 2.45 bits per heavy atom. The molecular weight excluding hydrogens is 252 g/mol. The van der Waals surface area contributed by atoms with Gasteiger partial charge in [0.2, 0.25) is 0 Å². The van der Waals surface area contributed by atoms with Crippen LogP contribution in [0.15, 0.2) is 54.6 Å². The van der Waals surface area contributed by atoms with Gasteiger partial charge in [-0.05, 0) is 30.7 Å². The van der Waals surface area contributed by atoms with E-state index in [0.29, 0.717) is 23.7 Å². The molecule has 0 amide bonds. The molecule has 3 nitrogen and oxygen atoms in total. The number of unbranched alkanes of at least 4 members (excludes halogenated alkanes) is 1. The molecule has 0 heterocycles. The first-order valence-electron chi connectivity index (χ1n) is 6.80. The summed E-state index contributed by atoms with van der Waals surface area (Å²) < 4.78 is 11.0. The molecule has 0 fully saturated rings. The first kappa shape index (κ1) is 14.1. The second-order valence-corrected chi connectivity index (χ2v) is 4.40. The molecule has 0 atom stereocenters. The lowest BCUT2D eigenvalue weighted by atomic mass is 10.2.